The highest BCUT2D eigenvalue weighted by molar-refractivity contribution is 7.99. The maximum absolute atomic E-state index is 8.89. The van der Waals surface area contributed by atoms with Crippen LogP contribution in [0.1, 0.15) is 19.8 Å². The summed E-state index contributed by atoms with van der Waals surface area (Å²) in [6.45, 7) is 3.10. The normalized spacial score (nSPS) is 25.2. The van der Waals surface area contributed by atoms with E-state index < -0.39 is 0 Å². The number of hydrogen-bond acceptors (Lipinski definition) is 3. The molecule has 1 saturated heterocycles. The Balaban J connectivity index is 2.29. The molecular formula is C9H16N2S. The van der Waals surface area contributed by atoms with Crippen molar-refractivity contribution in [2.45, 2.75) is 25.8 Å². The first-order valence-electron chi connectivity index (χ1n) is 4.59. The van der Waals surface area contributed by atoms with E-state index in [1.807, 2.05) is 11.8 Å². The van der Waals surface area contributed by atoms with Gasteiger partial charge in [-0.1, -0.05) is 6.92 Å². The van der Waals surface area contributed by atoms with Gasteiger partial charge < -0.3 is 5.32 Å². The smallest absolute Gasteiger partial charge is 0.0989 e. The molecule has 68 valence electrons. The number of nitrogens with zero attached hydrogens (tertiary/aromatic N) is 1. The van der Waals surface area contributed by atoms with Gasteiger partial charge in [0.2, 0.25) is 0 Å². The topological polar surface area (TPSA) is 35.8 Å². The highest BCUT2D eigenvalue weighted by Gasteiger charge is 2.24. The number of nitrogens with one attached hydrogen (secondary N) is 1. The number of thioether (sulfide) groups is 1. The van der Waals surface area contributed by atoms with Crippen LogP contribution in [0.3, 0.4) is 0 Å². The molecule has 0 aromatic rings. The van der Waals surface area contributed by atoms with Crippen molar-refractivity contribution < 1.29 is 0 Å². The largest absolute Gasteiger partial charge is 0.302 e. The van der Waals surface area contributed by atoms with Crippen molar-refractivity contribution in [3.63, 3.8) is 0 Å². The molecule has 0 aromatic heterocycles. The van der Waals surface area contributed by atoms with E-state index in [1.54, 1.807) is 0 Å². The van der Waals surface area contributed by atoms with Gasteiger partial charge in [0.25, 0.3) is 0 Å². The molecule has 0 radical (unpaired) electrons. The van der Waals surface area contributed by atoms with E-state index in [9.17, 15) is 0 Å². The fourth-order valence-electron chi connectivity index (χ4n) is 1.43. The zero-order valence-corrected chi connectivity index (χ0v) is 8.36. The quantitative estimate of drug-likeness (QED) is 0.721. The minimum Gasteiger partial charge on any atom is -0.302 e. The van der Waals surface area contributed by atoms with E-state index in [-0.39, 0.29) is 6.04 Å². The molecule has 3 heteroatoms. The van der Waals surface area contributed by atoms with Gasteiger partial charge >= 0.3 is 0 Å². The van der Waals surface area contributed by atoms with Crippen molar-refractivity contribution in [1.29, 1.82) is 5.26 Å². The minimum absolute atomic E-state index is 0.0972. The summed E-state index contributed by atoms with van der Waals surface area (Å²) < 4.78 is 0. The van der Waals surface area contributed by atoms with Crippen LogP contribution >= 0.6 is 11.8 Å². The van der Waals surface area contributed by atoms with Crippen molar-refractivity contribution in [3.8, 4) is 6.07 Å². The van der Waals surface area contributed by atoms with Crippen LogP contribution in [0.15, 0.2) is 0 Å². The number of nitriles is 1. The Hall–Kier alpha value is -0.200. The molecule has 0 spiro atoms. The summed E-state index contributed by atoms with van der Waals surface area (Å²) in [5, 5.41) is 12.2. The molecule has 1 heterocycles. The van der Waals surface area contributed by atoms with Crippen molar-refractivity contribution in [1.82, 2.24) is 5.32 Å². The number of rotatable bonds is 4. The average molecular weight is 184 g/mol. The summed E-state index contributed by atoms with van der Waals surface area (Å²) in [6, 6.07) is 2.45. The fourth-order valence-corrected chi connectivity index (χ4v) is 2.73. The second kappa shape index (κ2) is 5.45. The highest BCUT2D eigenvalue weighted by atomic mass is 32.2. The van der Waals surface area contributed by atoms with Gasteiger partial charge in [0.15, 0.2) is 0 Å². The van der Waals surface area contributed by atoms with Gasteiger partial charge in [0.05, 0.1) is 12.1 Å². The molecule has 12 heavy (non-hydrogen) atoms. The summed E-state index contributed by atoms with van der Waals surface area (Å²) in [7, 11) is 0. The van der Waals surface area contributed by atoms with Gasteiger partial charge in [0, 0.05) is 0 Å². The fraction of sp³-hybridized carbons (Fsp3) is 0.889. The Morgan fingerprint density at radius 3 is 3.08 bits per heavy atom. The molecule has 1 fully saturated rings. The van der Waals surface area contributed by atoms with Crippen molar-refractivity contribution in [2.75, 3.05) is 18.1 Å². The summed E-state index contributed by atoms with van der Waals surface area (Å²) >= 11 is 1.97. The summed E-state index contributed by atoms with van der Waals surface area (Å²) in [5.41, 5.74) is 0. The van der Waals surface area contributed by atoms with Crippen LogP contribution in [0.4, 0.5) is 0 Å². The van der Waals surface area contributed by atoms with Gasteiger partial charge in [-0.3, -0.25) is 0 Å². The van der Waals surface area contributed by atoms with Gasteiger partial charge in [-0.2, -0.15) is 17.0 Å². The zero-order valence-electron chi connectivity index (χ0n) is 7.55. The lowest BCUT2D eigenvalue weighted by Gasteiger charge is -2.16. The van der Waals surface area contributed by atoms with Crippen molar-refractivity contribution in [3.05, 3.63) is 0 Å². The molecule has 1 aliphatic rings. The van der Waals surface area contributed by atoms with E-state index in [4.69, 9.17) is 5.26 Å². The summed E-state index contributed by atoms with van der Waals surface area (Å²) in [4.78, 5) is 0. The zero-order chi connectivity index (χ0) is 8.81. The molecule has 0 amide bonds. The van der Waals surface area contributed by atoms with Gasteiger partial charge in [-0.05, 0) is 36.8 Å². The standard InChI is InChI=1S/C9H16N2S/c1-2-4-11-9(6-10)8-3-5-12-7-8/h8-9,11H,2-5,7H2,1H3. The molecule has 0 saturated carbocycles. The molecule has 2 unspecified atom stereocenters. The molecule has 1 rings (SSSR count). The van der Waals surface area contributed by atoms with E-state index in [0.29, 0.717) is 5.92 Å². The van der Waals surface area contributed by atoms with Crippen LogP contribution in [0, 0.1) is 17.2 Å². The van der Waals surface area contributed by atoms with Crippen LogP contribution in [0.2, 0.25) is 0 Å². The first kappa shape index (κ1) is 9.88. The molecule has 1 aliphatic heterocycles. The molecule has 2 nitrogen and oxygen atoms in total. The van der Waals surface area contributed by atoms with E-state index in [0.717, 1.165) is 18.7 Å². The van der Waals surface area contributed by atoms with Gasteiger partial charge in [0.1, 0.15) is 0 Å². The second-order valence-corrected chi connectivity index (χ2v) is 4.33. The Kier molecular flexibility index (Phi) is 4.49. The van der Waals surface area contributed by atoms with E-state index in [2.05, 4.69) is 18.3 Å². The summed E-state index contributed by atoms with van der Waals surface area (Å²) in [5.74, 6) is 2.98. The summed E-state index contributed by atoms with van der Waals surface area (Å²) in [6.07, 6.45) is 2.32. The lowest BCUT2D eigenvalue weighted by molar-refractivity contribution is 0.450. The maximum atomic E-state index is 8.89. The third-order valence-corrected chi connectivity index (χ3v) is 3.38. The average Bonchev–Trinajstić information content (AvgIpc) is 2.59. The van der Waals surface area contributed by atoms with Gasteiger partial charge in [-0.15, -0.1) is 0 Å². The third kappa shape index (κ3) is 2.69. The lowest BCUT2D eigenvalue weighted by atomic mass is 10.0. The highest BCUT2D eigenvalue weighted by Crippen LogP contribution is 2.25. The molecule has 0 aromatic carbocycles. The SMILES string of the molecule is CCCNC(C#N)C1CCSC1. The Bertz CT molecular complexity index is 158. The van der Waals surface area contributed by atoms with E-state index >= 15 is 0 Å². The third-order valence-electron chi connectivity index (χ3n) is 2.19. The first-order valence-corrected chi connectivity index (χ1v) is 5.74. The van der Waals surface area contributed by atoms with Crippen LogP contribution < -0.4 is 5.32 Å². The maximum Gasteiger partial charge on any atom is 0.0989 e. The van der Waals surface area contributed by atoms with Crippen molar-refractivity contribution in [2.24, 2.45) is 5.92 Å². The van der Waals surface area contributed by atoms with Crippen LogP contribution in [0.5, 0.6) is 0 Å². The molecule has 1 N–H and O–H groups in total. The second-order valence-electron chi connectivity index (χ2n) is 3.18. The molecule has 0 aliphatic carbocycles. The first-order chi connectivity index (χ1) is 5.88. The lowest BCUT2D eigenvalue weighted by Crippen LogP contribution is -2.35. The molecule has 2 atom stereocenters. The Labute approximate surface area is 78.7 Å². The van der Waals surface area contributed by atoms with Crippen molar-refractivity contribution >= 4 is 11.8 Å². The molecular weight excluding hydrogens is 168 g/mol. The van der Waals surface area contributed by atoms with Gasteiger partial charge in [-0.25, -0.2) is 0 Å². The predicted octanol–water partition coefficient (Wildman–Crippen LogP) is 1.63. The number of hydrogen-bond donors (Lipinski definition) is 1. The minimum atomic E-state index is 0.0972. The molecule has 0 bridgehead atoms. The van der Waals surface area contributed by atoms with Crippen LogP contribution in [0.25, 0.3) is 0 Å². The monoisotopic (exact) mass is 184 g/mol. The Morgan fingerprint density at radius 1 is 1.75 bits per heavy atom. The Morgan fingerprint density at radius 2 is 2.58 bits per heavy atom. The van der Waals surface area contributed by atoms with E-state index in [1.165, 1.54) is 12.2 Å². The van der Waals surface area contributed by atoms with Crippen LogP contribution in [-0.4, -0.2) is 24.1 Å². The van der Waals surface area contributed by atoms with Crippen LogP contribution in [-0.2, 0) is 0 Å². The predicted molar refractivity (Wildman–Crippen MR) is 53.1 cm³/mol.